The van der Waals surface area contributed by atoms with Crippen molar-refractivity contribution in [1.82, 2.24) is 10.2 Å². The molecule has 1 rings (SSSR count). The molecule has 98 valence electrons. The van der Waals surface area contributed by atoms with Crippen molar-refractivity contribution in [2.75, 3.05) is 13.1 Å². The minimum atomic E-state index is -2.63. The van der Waals surface area contributed by atoms with Crippen LogP contribution in [0.1, 0.15) is 25.7 Å². The quantitative estimate of drug-likeness (QED) is 0.772. The Morgan fingerprint density at radius 2 is 1.94 bits per heavy atom. The lowest BCUT2D eigenvalue weighted by Crippen LogP contribution is -2.48. The molecule has 0 aromatic heterocycles. The standard InChI is InChI=1S/C10H16F2N2O3/c11-8(12)5-13-10(17)14(6-9(15)16)7-3-1-2-4-7/h7-8H,1-6H2,(H,13,17)(H,15,16). The molecular formula is C10H16F2N2O3. The number of hydrogen-bond acceptors (Lipinski definition) is 2. The molecule has 17 heavy (non-hydrogen) atoms. The molecule has 1 aliphatic rings. The highest BCUT2D eigenvalue weighted by Crippen LogP contribution is 2.23. The van der Waals surface area contributed by atoms with Crippen molar-refractivity contribution in [3.8, 4) is 0 Å². The molecule has 5 nitrogen and oxygen atoms in total. The molecule has 1 aliphatic carbocycles. The van der Waals surface area contributed by atoms with Gasteiger partial charge in [0.1, 0.15) is 6.54 Å². The summed E-state index contributed by atoms with van der Waals surface area (Å²) >= 11 is 0. The summed E-state index contributed by atoms with van der Waals surface area (Å²) in [6.45, 7) is -1.19. The summed E-state index contributed by atoms with van der Waals surface area (Å²) < 4.78 is 23.9. The molecule has 1 fully saturated rings. The summed E-state index contributed by atoms with van der Waals surface area (Å²) in [6.07, 6.45) is 0.700. The van der Waals surface area contributed by atoms with Gasteiger partial charge in [-0.05, 0) is 12.8 Å². The number of carboxylic acids is 1. The van der Waals surface area contributed by atoms with Crippen LogP contribution in [0.5, 0.6) is 0 Å². The van der Waals surface area contributed by atoms with Crippen molar-refractivity contribution in [2.24, 2.45) is 0 Å². The minimum absolute atomic E-state index is 0.149. The highest BCUT2D eigenvalue weighted by Gasteiger charge is 2.28. The molecule has 2 N–H and O–H groups in total. The van der Waals surface area contributed by atoms with Gasteiger partial charge >= 0.3 is 12.0 Å². The molecule has 0 heterocycles. The summed E-state index contributed by atoms with van der Waals surface area (Å²) in [4.78, 5) is 23.4. The highest BCUT2D eigenvalue weighted by molar-refractivity contribution is 5.80. The van der Waals surface area contributed by atoms with Gasteiger partial charge in [-0.1, -0.05) is 12.8 Å². The largest absolute Gasteiger partial charge is 0.480 e. The fourth-order valence-electron chi connectivity index (χ4n) is 1.99. The first kappa shape index (κ1) is 13.7. The Morgan fingerprint density at radius 3 is 2.41 bits per heavy atom. The summed E-state index contributed by atoms with van der Waals surface area (Å²) in [7, 11) is 0. The first-order valence-corrected chi connectivity index (χ1v) is 5.55. The van der Waals surface area contributed by atoms with E-state index in [2.05, 4.69) is 0 Å². The Kier molecular flexibility index (Phi) is 5.11. The van der Waals surface area contributed by atoms with Crippen LogP contribution in [0.4, 0.5) is 13.6 Å². The number of nitrogens with one attached hydrogen (secondary N) is 1. The average molecular weight is 250 g/mol. The van der Waals surface area contributed by atoms with E-state index in [1.165, 1.54) is 0 Å². The van der Waals surface area contributed by atoms with Gasteiger partial charge in [-0.15, -0.1) is 0 Å². The number of alkyl halides is 2. The monoisotopic (exact) mass is 250 g/mol. The number of carbonyl (C=O) groups excluding carboxylic acids is 1. The van der Waals surface area contributed by atoms with Crippen LogP contribution >= 0.6 is 0 Å². The van der Waals surface area contributed by atoms with Gasteiger partial charge in [-0.3, -0.25) is 4.79 Å². The molecule has 1 saturated carbocycles. The van der Waals surface area contributed by atoms with Crippen LogP contribution in [0.3, 0.4) is 0 Å². The van der Waals surface area contributed by atoms with Crippen molar-refractivity contribution in [3.63, 3.8) is 0 Å². The number of halogens is 2. The first-order chi connectivity index (χ1) is 8.00. The number of amides is 2. The van der Waals surface area contributed by atoms with Crippen LogP contribution in [0.15, 0.2) is 0 Å². The first-order valence-electron chi connectivity index (χ1n) is 5.55. The zero-order valence-corrected chi connectivity index (χ0v) is 9.36. The van der Waals surface area contributed by atoms with Gasteiger partial charge in [0, 0.05) is 6.04 Å². The Balaban J connectivity index is 2.54. The fraction of sp³-hybridized carbons (Fsp3) is 0.800. The zero-order valence-electron chi connectivity index (χ0n) is 9.36. The fourth-order valence-corrected chi connectivity index (χ4v) is 1.99. The van der Waals surface area contributed by atoms with Gasteiger partial charge in [0.2, 0.25) is 0 Å². The minimum Gasteiger partial charge on any atom is -0.480 e. The summed E-state index contributed by atoms with van der Waals surface area (Å²) in [5, 5.41) is 10.7. The van der Waals surface area contributed by atoms with Gasteiger partial charge in [-0.25, -0.2) is 13.6 Å². The average Bonchev–Trinajstić information content (AvgIpc) is 2.75. The lowest BCUT2D eigenvalue weighted by molar-refractivity contribution is -0.138. The second-order valence-electron chi connectivity index (χ2n) is 4.04. The Hall–Kier alpha value is -1.40. The second-order valence-corrected chi connectivity index (χ2v) is 4.04. The Morgan fingerprint density at radius 1 is 1.35 bits per heavy atom. The third kappa shape index (κ3) is 4.54. The van der Waals surface area contributed by atoms with Crippen molar-refractivity contribution < 1.29 is 23.5 Å². The normalized spacial score (nSPS) is 16.2. The van der Waals surface area contributed by atoms with Gasteiger partial charge in [-0.2, -0.15) is 0 Å². The van der Waals surface area contributed by atoms with Crippen LogP contribution in [-0.4, -0.2) is 47.6 Å². The number of carboxylic acid groups (broad SMARTS) is 1. The van der Waals surface area contributed by atoms with E-state index >= 15 is 0 Å². The molecule has 2 amide bonds. The third-order valence-corrected chi connectivity index (χ3v) is 2.74. The van der Waals surface area contributed by atoms with E-state index in [0.29, 0.717) is 0 Å². The molecule has 7 heteroatoms. The van der Waals surface area contributed by atoms with Crippen LogP contribution in [0.2, 0.25) is 0 Å². The van der Waals surface area contributed by atoms with E-state index in [-0.39, 0.29) is 6.04 Å². The third-order valence-electron chi connectivity index (χ3n) is 2.74. The van der Waals surface area contributed by atoms with Crippen LogP contribution in [0, 0.1) is 0 Å². The van der Waals surface area contributed by atoms with Crippen molar-refractivity contribution in [2.45, 2.75) is 38.2 Å². The smallest absolute Gasteiger partial charge is 0.323 e. The second kappa shape index (κ2) is 6.36. The molecule has 0 aromatic carbocycles. The van der Waals surface area contributed by atoms with Crippen molar-refractivity contribution >= 4 is 12.0 Å². The van der Waals surface area contributed by atoms with Gasteiger partial charge in [0.25, 0.3) is 6.43 Å². The predicted molar refractivity (Wildman–Crippen MR) is 56.0 cm³/mol. The molecule has 0 unspecified atom stereocenters. The topological polar surface area (TPSA) is 69.6 Å². The number of urea groups is 1. The van der Waals surface area contributed by atoms with E-state index in [1.807, 2.05) is 5.32 Å². The van der Waals surface area contributed by atoms with E-state index in [0.717, 1.165) is 30.6 Å². The maximum atomic E-state index is 11.9. The van der Waals surface area contributed by atoms with E-state index in [9.17, 15) is 18.4 Å². The van der Waals surface area contributed by atoms with Crippen molar-refractivity contribution in [1.29, 1.82) is 0 Å². The highest BCUT2D eigenvalue weighted by atomic mass is 19.3. The maximum absolute atomic E-state index is 11.9. The predicted octanol–water partition coefficient (Wildman–Crippen LogP) is 1.29. The lowest BCUT2D eigenvalue weighted by Gasteiger charge is -2.27. The number of hydrogen-bond donors (Lipinski definition) is 2. The molecule has 0 aliphatic heterocycles. The SMILES string of the molecule is O=C(O)CN(C(=O)NCC(F)F)C1CCCC1. The van der Waals surface area contributed by atoms with Gasteiger partial charge in [0.05, 0.1) is 6.54 Å². The molecular weight excluding hydrogens is 234 g/mol. The molecule has 0 bridgehead atoms. The Bertz CT molecular complexity index is 281. The van der Waals surface area contributed by atoms with Crippen LogP contribution < -0.4 is 5.32 Å². The lowest BCUT2D eigenvalue weighted by atomic mass is 10.2. The Labute approximate surface area is 97.8 Å². The summed E-state index contributed by atoms with van der Waals surface area (Å²) in [5.74, 6) is -1.14. The van der Waals surface area contributed by atoms with E-state index < -0.39 is 31.5 Å². The molecule has 0 spiro atoms. The molecule has 0 aromatic rings. The zero-order chi connectivity index (χ0) is 12.8. The number of rotatable bonds is 5. The van der Waals surface area contributed by atoms with E-state index in [1.54, 1.807) is 0 Å². The van der Waals surface area contributed by atoms with Gasteiger partial charge in [0.15, 0.2) is 0 Å². The van der Waals surface area contributed by atoms with E-state index in [4.69, 9.17) is 5.11 Å². The van der Waals surface area contributed by atoms with Crippen molar-refractivity contribution in [3.05, 3.63) is 0 Å². The van der Waals surface area contributed by atoms with Gasteiger partial charge < -0.3 is 15.3 Å². The molecule has 0 atom stereocenters. The summed E-state index contributed by atoms with van der Waals surface area (Å²) in [5.41, 5.74) is 0. The molecule has 0 saturated heterocycles. The maximum Gasteiger partial charge on any atom is 0.323 e. The molecule has 0 radical (unpaired) electrons. The number of aliphatic carboxylic acids is 1. The number of nitrogens with zero attached hydrogens (tertiary/aromatic N) is 1. The van der Waals surface area contributed by atoms with Crippen LogP contribution in [0.25, 0.3) is 0 Å². The number of carbonyl (C=O) groups is 2. The van der Waals surface area contributed by atoms with Crippen LogP contribution in [-0.2, 0) is 4.79 Å². The summed E-state index contributed by atoms with van der Waals surface area (Å²) in [6, 6.07) is -0.872.